The van der Waals surface area contributed by atoms with Gasteiger partial charge in [0.2, 0.25) is 0 Å². The molecule has 2 rings (SSSR count). The van der Waals surface area contributed by atoms with Crippen molar-refractivity contribution in [1.82, 2.24) is 5.32 Å². The number of rotatable bonds is 5. The fraction of sp³-hybridized carbons (Fsp3) is 1.00. The van der Waals surface area contributed by atoms with E-state index in [1.165, 1.54) is 38.5 Å². The van der Waals surface area contributed by atoms with E-state index in [4.69, 9.17) is 0 Å². The number of aliphatic hydroxyl groups is 1. The molecule has 0 bridgehead atoms. The normalized spacial score (nSPS) is 33.0. The molecule has 0 aromatic rings. The molecule has 16 heavy (non-hydrogen) atoms. The average Bonchev–Trinajstić information content (AvgIpc) is 3.09. The first-order chi connectivity index (χ1) is 7.70. The molecule has 94 valence electrons. The summed E-state index contributed by atoms with van der Waals surface area (Å²) in [6, 6.07) is 0.960. The van der Waals surface area contributed by atoms with E-state index in [2.05, 4.69) is 19.2 Å². The van der Waals surface area contributed by atoms with Crippen molar-refractivity contribution in [3.63, 3.8) is 0 Å². The largest absolute Gasteiger partial charge is 0.395 e. The summed E-state index contributed by atoms with van der Waals surface area (Å²) in [5, 5.41) is 13.0. The van der Waals surface area contributed by atoms with E-state index in [-0.39, 0.29) is 6.61 Å². The highest BCUT2D eigenvalue weighted by atomic mass is 16.3. The van der Waals surface area contributed by atoms with Crippen LogP contribution in [0.15, 0.2) is 0 Å². The predicted octanol–water partition coefficient (Wildman–Crippen LogP) is 2.56. The molecule has 0 amide bonds. The lowest BCUT2D eigenvalue weighted by atomic mass is 9.82. The molecule has 0 radical (unpaired) electrons. The van der Waals surface area contributed by atoms with E-state index in [0.717, 1.165) is 11.8 Å². The summed E-state index contributed by atoms with van der Waals surface area (Å²) in [6.45, 7) is 4.66. The molecule has 3 unspecified atom stereocenters. The van der Waals surface area contributed by atoms with E-state index in [1.54, 1.807) is 0 Å². The van der Waals surface area contributed by atoms with E-state index >= 15 is 0 Å². The quantitative estimate of drug-likeness (QED) is 0.753. The third-order valence-electron chi connectivity index (χ3n) is 4.45. The Kier molecular flexibility index (Phi) is 4.26. The molecule has 0 saturated heterocycles. The van der Waals surface area contributed by atoms with Gasteiger partial charge in [-0.25, -0.2) is 0 Å². The second kappa shape index (κ2) is 5.50. The fourth-order valence-corrected chi connectivity index (χ4v) is 3.13. The van der Waals surface area contributed by atoms with Crippen LogP contribution in [-0.4, -0.2) is 23.8 Å². The van der Waals surface area contributed by atoms with Crippen LogP contribution in [0, 0.1) is 17.8 Å². The minimum atomic E-state index is 0.280. The molecule has 0 aromatic heterocycles. The van der Waals surface area contributed by atoms with Gasteiger partial charge in [0.1, 0.15) is 0 Å². The summed E-state index contributed by atoms with van der Waals surface area (Å²) in [4.78, 5) is 0. The maximum Gasteiger partial charge on any atom is 0.0587 e. The van der Waals surface area contributed by atoms with Crippen LogP contribution >= 0.6 is 0 Å². The summed E-state index contributed by atoms with van der Waals surface area (Å²) in [7, 11) is 0. The number of aliphatic hydroxyl groups excluding tert-OH is 1. The summed E-state index contributed by atoms with van der Waals surface area (Å²) >= 11 is 0. The van der Waals surface area contributed by atoms with Gasteiger partial charge in [0.05, 0.1) is 6.61 Å². The summed E-state index contributed by atoms with van der Waals surface area (Å²) in [5.41, 5.74) is 0. The van der Waals surface area contributed by atoms with Crippen molar-refractivity contribution < 1.29 is 5.11 Å². The van der Waals surface area contributed by atoms with Crippen molar-refractivity contribution in [1.29, 1.82) is 0 Å². The van der Waals surface area contributed by atoms with E-state index < -0.39 is 0 Å². The highest BCUT2D eigenvalue weighted by Crippen LogP contribution is 2.43. The zero-order chi connectivity index (χ0) is 11.5. The summed E-state index contributed by atoms with van der Waals surface area (Å²) in [5.74, 6) is 2.57. The Morgan fingerprint density at radius 2 is 1.88 bits per heavy atom. The second-order valence-electron chi connectivity index (χ2n) is 6.16. The van der Waals surface area contributed by atoms with E-state index in [9.17, 15) is 5.11 Å². The van der Waals surface area contributed by atoms with Crippen LogP contribution in [-0.2, 0) is 0 Å². The lowest BCUT2D eigenvalue weighted by molar-refractivity contribution is 0.172. The molecule has 0 aliphatic heterocycles. The Morgan fingerprint density at radius 3 is 2.44 bits per heavy atom. The molecule has 2 N–H and O–H groups in total. The van der Waals surface area contributed by atoms with Gasteiger partial charge >= 0.3 is 0 Å². The van der Waals surface area contributed by atoms with Crippen molar-refractivity contribution in [2.75, 3.05) is 6.61 Å². The van der Waals surface area contributed by atoms with Crippen LogP contribution in [0.3, 0.4) is 0 Å². The summed E-state index contributed by atoms with van der Waals surface area (Å²) < 4.78 is 0. The van der Waals surface area contributed by atoms with Crippen molar-refractivity contribution in [3.05, 3.63) is 0 Å². The van der Waals surface area contributed by atoms with Crippen molar-refractivity contribution in [3.8, 4) is 0 Å². The van der Waals surface area contributed by atoms with Crippen LogP contribution in [0.1, 0.15) is 52.4 Å². The smallest absolute Gasteiger partial charge is 0.0587 e. The number of hydrogen-bond acceptors (Lipinski definition) is 2. The van der Waals surface area contributed by atoms with Gasteiger partial charge in [-0.2, -0.15) is 0 Å². The fourth-order valence-electron chi connectivity index (χ4n) is 3.13. The molecule has 2 fully saturated rings. The van der Waals surface area contributed by atoms with Crippen LogP contribution in [0.25, 0.3) is 0 Å². The van der Waals surface area contributed by atoms with Gasteiger partial charge in [-0.05, 0) is 43.4 Å². The van der Waals surface area contributed by atoms with Gasteiger partial charge in [0.15, 0.2) is 0 Å². The van der Waals surface area contributed by atoms with Gasteiger partial charge < -0.3 is 10.4 Å². The second-order valence-corrected chi connectivity index (χ2v) is 6.16. The van der Waals surface area contributed by atoms with E-state index in [0.29, 0.717) is 18.0 Å². The Morgan fingerprint density at radius 1 is 1.12 bits per heavy atom. The molecule has 3 atom stereocenters. The molecule has 2 nitrogen and oxygen atoms in total. The minimum absolute atomic E-state index is 0.280. The Hall–Kier alpha value is -0.0800. The van der Waals surface area contributed by atoms with Crippen LogP contribution < -0.4 is 5.32 Å². The van der Waals surface area contributed by atoms with Gasteiger partial charge in [-0.1, -0.05) is 26.7 Å². The Balaban J connectivity index is 1.79. The minimum Gasteiger partial charge on any atom is -0.395 e. The molecule has 2 aliphatic rings. The third-order valence-corrected chi connectivity index (χ3v) is 4.45. The first kappa shape index (κ1) is 12.4. The van der Waals surface area contributed by atoms with E-state index in [1.807, 2.05) is 0 Å². The van der Waals surface area contributed by atoms with Gasteiger partial charge in [0, 0.05) is 12.1 Å². The van der Waals surface area contributed by atoms with Crippen LogP contribution in [0.2, 0.25) is 0 Å². The molecule has 2 saturated carbocycles. The van der Waals surface area contributed by atoms with Gasteiger partial charge in [0.25, 0.3) is 0 Å². The lowest BCUT2D eigenvalue weighted by Gasteiger charge is -2.33. The van der Waals surface area contributed by atoms with Crippen molar-refractivity contribution >= 4 is 0 Å². The molecule has 0 spiro atoms. The Labute approximate surface area is 99.8 Å². The summed E-state index contributed by atoms with van der Waals surface area (Å²) in [6.07, 6.45) is 8.46. The first-order valence-corrected chi connectivity index (χ1v) is 7.07. The van der Waals surface area contributed by atoms with Gasteiger partial charge in [-0.15, -0.1) is 0 Å². The molecule has 0 aromatic carbocycles. The zero-order valence-electron chi connectivity index (χ0n) is 10.8. The Bertz CT molecular complexity index is 213. The lowest BCUT2D eigenvalue weighted by Crippen LogP contribution is -2.45. The monoisotopic (exact) mass is 225 g/mol. The zero-order valence-corrected chi connectivity index (χ0v) is 10.8. The first-order valence-electron chi connectivity index (χ1n) is 7.07. The number of hydrogen-bond donors (Lipinski definition) is 2. The van der Waals surface area contributed by atoms with Crippen molar-refractivity contribution in [2.24, 2.45) is 17.8 Å². The molecular formula is C14H27NO. The standard InChI is InChI=1S/C14H27NO/c1-10(2)14(9-16)15-13-5-3-4-12(8-13)11-6-7-11/h10-16H,3-9H2,1-2H3. The average molecular weight is 225 g/mol. The molecular weight excluding hydrogens is 198 g/mol. The van der Waals surface area contributed by atoms with Crippen LogP contribution in [0.5, 0.6) is 0 Å². The topological polar surface area (TPSA) is 32.3 Å². The maximum absolute atomic E-state index is 9.35. The SMILES string of the molecule is CC(C)C(CO)NC1CCCC(C2CC2)C1. The molecule has 2 heteroatoms. The maximum atomic E-state index is 9.35. The van der Waals surface area contributed by atoms with Crippen molar-refractivity contribution in [2.45, 2.75) is 64.5 Å². The third kappa shape index (κ3) is 3.21. The highest BCUT2D eigenvalue weighted by Gasteiger charge is 2.35. The molecule has 2 aliphatic carbocycles. The number of nitrogens with one attached hydrogen (secondary N) is 1. The predicted molar refractivity (Wildman–Crippen MR) is 67.3 cm³/mol. The van der Waals surface area contributed by atoms with Crippen LogP contribution in [0.4, 0.5) is 0 Å². The highest BCUT2D eigenvalue weighted by molar-refractivity contribution is 4.89. The van der Waals surface area contributed by atoms with Gasteiger partial charge in [-0.3, -0.25) is 0 Å². The molecule has 0 heterocycles.